The van der Waals surface area contributed by atoms with Gasteiger partial charge in [-0.1, -0.05) is 18.2 Å². The summed E-state index contributed by atoms with van der Waals surface area (Å²) < 4.78 is 41.0. The minimum Gasteiger partial charge on any atom is -0.360 e. The van der Waals surface area contributed by atoms with E-state index in [9.17, 15) is 18.0 Å². The molecule has 0 radical (unpaired) electrons. The highest BCUT2D eigenvalue weighted by Crippen LogP contribution is 2.44. The van der Waals surface area contributed by atoms with Gasteiger partial charge in [-0.3, -0.25) is 4.79 Å². The molecule has 4 nitrogen and oxygen atoms in total. The number of benzene rings is 1. The van der Waals surface area contributed by atoms with Crippen LogP contribution in [-0.2, 0) is 6.18 Å². The van der Waals surface area contributed by atoms with E-state index in [1.807, 2.05) is 13.8 Å². The van der Waals surface area contributed by atoms with Gasteiger partial charge in [0, 0.05) is 15.4 Å². The molecule has 9 heteroatoms. The Balaban J connectivity index is 1.88. The van der Waals surface area contributed by atoms with Crippen LogP contribution in [0.15, 0.2) is 28.7 Å². The maximum atomic E-state index is 13.4. The summed E-state index contributed by atoms with van der Waals surface area (Å²) in [7, 11) is 0. The number of aryl methyl sites for hydroxylation is 2. The maximum absolute atomic E-state index is 13.4. The van der Waals surface area contributed by atoms with E-state index in [1.54, 1.807) is 0 Å². The molecule has 0 bridgehead atoms. The molecule has 3 heterocycles. The lowest BCUT2D eigenvalue weighted by Gasteiger charge is -2.28. The molecule has 1 atom stereocenters. The number of alkyl halides is 3. The highest BCUT2D eigenvalue weighted by molar-refractivity contribution is 9.10. The molecular weight excluding hydrogens is 443 g/mol. The summed E-state index contributed by atoms with van der Waals surface area (Å²) in [5, 5.41) is 6.46. The lowest BCUT2D eigenvalue weighted by atomic mass is 10.0. The molecule has 0 spiro atoms. The first-order valence-corrected chi connectivity index (χ1v) is 9.62. The molecule has 0 fully saturated rings. The zero-order chi connectivity index (χ0) is 19.5. The van der Waals surface area contributed by atoms with E-state index >= 15 is 0 Å². The number of anilines is 1. The first-order chi connectivity index (χ1) is 12.7. The van der Waals surface area contributed by atoms with Crippen molar-refractivity contribution in [3.8, 4) is 0 Å². The Bertz CT molecular complexity index is 1090. The van der Waals surface area contributed by atoms with Crippen molar-refractivity contribution in [2.75, 3.05) is 5.32 Å². The lowest BCUT2D eigenvalue weighted by Crippen LogP contribution is -2.38. The van der Waals surface area contributed by atoms with Crippen LogP contribution in [0.5, 0.6) is 0 Å². The number of pyridine rings is 1. The van der Waals surface area contributed by atoms with Crippen LogP contribution in [0.4, 0.5) is 18.9 Å². The highest BCUT2D eigenvalue weighted by atomic mass is 79.9. The molecule has 140 valence electrons. The normalized spacial score (nSPS) is 16.8. The molecule has 4 rings (SSSR count). The van der Waals surface area contributed by atoms with Crippen LogP contribution in [0.2, 0.25) is 0 Å². The zero-order valence-electron chi connectivity index (χ0n) is 14.2. The molecule has 27 heavy (non-hydrogen) atoms. The zero-order valence-corrected chi connectivity index (χ0v) is 16.6. The van der Waals surface area contributed by atoms with Gasteiger partial charge in [-0.15, -0.1) is 11.3 Å². The first kappa shape index (κ1) is 18.2. The molecule has 0 aliphatic carbocycles. The largest absolute Gasteiger partial charge is 0.416 e. The minimum absolute atomic E-state index is 0.0276. The van der Waals surface area contributed by atoms with E-state index in [1.165, 1.54) is 29.5 Å². The third-order valence-electron chi connectivity index (χ3n) is 4.53. The van der Waals surface area contributed by atoms with Gasteiger partial charge in [-0.05, 0) is 41.4 Å². The molecule has 3 aromatic rings. The van der Waals surface area contributed by atoms with Crippen molar-refractivity contribution in [3.05, 3.63) is 56.0 Å². The van der Waals surface area contributed by atoms with Crippen molar-refractivity contribution in [1.82, 2.24) is 10.3 Å². The maximum Gasteiger partial charge on any atom is 0.416 e. The van der Waals surface area contributed by atoms with E-state index in [0.717, 1.165) is 27.2 Å². The van der Waals surface area contributed by atoms with Gasteiger partial charge in [0.2, 0.25) is 0 Å². The monoisotopic (exact) mass is 455 g/mol. The van der Waals surface area contributed by atoms with Crippen LogP contribution in [0.1, 0.15) is 38.2 Å². The summed E-state index contributed by atoms with van der Waals surface area (Å²) in [6.45, 7) is 3.74. The summed E-state index contributed by atoms with van der Waals surface area (Å²) in [6, 6.07) is 5.23. The number of fused-ring (bicyclic) bond motifs is 3. The average molecular weight is 456 g/mol. The number of hydrogen-bond donors (Lipinski definition) is 2. The van der Waals surface area contributed by atoms with E-state index < -0.39 is 23.8 Å². The number of amides is 1. The summed E-state index contributed by atoms with van der Waals surface area (Å²) in [5.41, 5.74) is 1.39. The van der Waals surface area contributed by atoms with Crippen molar-refractivity contribution in [2.45, 2.75) is 26.2 Å². The van der Waals surface area contributed by atoms with Crippen molar-refractivity contribution in [1.29, 1.82) is 0 Å². The second-order valence-electron chi connectivity index (χ2n) is 6.26. The van der Waals surface area contributed by atoms with Crippen LogP contribution < -0.4 is 10.6 Å². The Morgan fingerprint density at radius 2 is 1.89 bits per heavy atom. The molecular formula is C18H13BrF3N3OS. The molecule has 2 aromatic heterocycles. The van der Waals surface area contributed by atoms with Crippen LogP contribution in [0, 0.1) is 13.8 Å². The summed E-state index contributed by atoms with van der Waals surface area (Å²) in [5.74, 6) is -0.415. The Morgan fingerprint density at radius 1 is 1.19 bits per heavy atom. The molecule has 1 aliphatic heterocycles. The van der Waals surface area contributed by atoms with E-state index in [-0.39, 0.29) is 5.56 Å². The summed E-state index contributed by atoms with van der Waals surface area (Å²) >= 11 is 4.71. The fourth-order valence-corrected chi connectivity index (χ4v) is 4.70. The van der Waals surface area contributed by atoms with E-state index in [0.29, 0.717) is 15.4 Å². The minimum atomic E-state index is -4.52. The number of carbonyl (C=O) groups excluding carboxylic acids is 1. The van der Waals surface area contributed by atoms with Gasteiger partial charge in [-0.2, -0.15) is 13.2 Å². The van der Waals surface area contributed by atoms with Gasteiger partial charge in [0.25, 0.3) is 5.91 Å². The van der Waals surface area contributed by atoms with Crippen LogP contribution in [0.3, 0.4) is 0 Å². The number of thiophene rings is 1. The Kier molecular flexibility index (Phi) is 4.19. The average Bonchev–Trinajstić information content (AvgIpc) is 2.98. The number of aromatic nitrogens is 1. The highest BCUT2D eigenvalue weighted by Gasteiger charge is 2.38. The molecule has 1 aromatic carbocycles. The molecule has 1 aliphatic rings. The second kappa shape index (κ2) is 6.20. The van der Waals surface area contributed by atoms with Crippen LogP contribution in [-0.4, -0.2) is 10.9 Å². The summed E-state index contributed by atoms with van der Waals surface area (Å²) in [6.07, 6.45) is -5.50. The molecule has 0 saturated heterocycles. The predicted molar refractivity (Wildman–Crippen MR) is 102 cm³/mol. The number of nitrogens with zero attached hydrogens (tertiary/aromatic N) is 1. The van der Waals surface area contributed by atoms with Gasteiger partial charge in [-0.25, -0.2) is 4.98 Å². The smallest absolute Gasteiger partial charge is 0.360 e. The fraction of sp³-hybridized carbons (Fsp3) is 0.222. The molecule has 2 N–H and O–H groups in total. The third kappa shape index (κ3) is 2.89. The Morgan fingerprint density at radius 3 is 2.59 bits per heavy atom. The van der Waals surface area contributed by atoms with Crippen molar-refractivity contribution >= 4 is 49.1 Å². The number of nitrogens with one attached hydrogen (secondary N) is 2. The van der Waals surface area contributed by atoms with Crippen LogP contribution in [0.25, 0.3) is 10.2 Å². The van der Waals surface area contributed by atoms with Gasteiger partial charge in [0.15, 0.2) is 0 Å². The summed E-state index contributed by atoms with van der Waals surface area (Å²) in [4.78, 5) is 18.2. The second-order valence-corrected chi connectivity index (χ2v) is 8.05. The first-order valence-electron chi connectivity index (χ1n) is 8.01. The Hall–Kier alpha value is -2.13. The lowest BCUT2D eigenvalue weighted by molar-refractivity contribution is -0.138. The fourth-order valence-electron chi connectivity index (χ4n) is 3.27. The van der Waals surface area contributed by atoms with Gasteiger partial charge in [0.1, 0.15) is 15.9 Å². The number of hydrogen-bond acceptors (Lipinski definition) is 4. The quantitative estimate of drug-likeness (QED) is 0.505. The van der Waals surface area contributed by atoms with Crippen molar-refractivity contribution in [2.24, 2.45) is 0 Å². The number of rotatable bonds is 1. The Labute approximate surface area is 164 Å². The molecule has 1 amide bonds. The SMILES string of the molecule is Cc1nc2sc3c(c2c(C)c1Br)NC(c1ccccc1C(F)(F)F)NC3=O. The molecule has 0 saturated carbocycles. The van der Waals surface area contributed by atoms with Gasteiger partial charge >= 0.3 is 6.18 Å². The van der Waals surface area contributed by atoms with Gasteiger partial charge < -0.3 is 10.6 Å². The van der Waals surface area contributed by atoms with Crippen molar-refractivity contribution in [3.63, 3.8) is 0 Å². The van der Waals surface area contributed by atoms with Gasteiger partial charge in [0.05, 0.1) is 16.9 Å². The van der Waals surface area contributed by atoms with E-state index in [4.69, 9.17) is 0 Å². The molecule has 1 unspecified atom stereocenters. The topological polar surface area (TPSA) is 54.0 Å². The third-order valence-corrected chi connectivity index (χ3v) is 6.78. The number of halogens is 4. The number of carbonyl (C=O) groups is 1. The standard InChI is InChI=1S/C18H13BrF3N3OS/c1-7-11-13-14(27-17(11)23-8(2)12(7)19)16(26)25-15(24-13)9-5-3-4-6-10(9)18(20,21)22/h3-6,15,24H,1-2H3,(H,25,26). The predicted octanol–water partition coefficient (Wildman–Crippen LogP) is 5.55. The van der Waals surface area contributed by atoms with E-state index in [2.05, 4.69) is 31.5 Å². The van der Waals surface area contributed by atoms with Crippen LogP contribution >= 0.6 is 27.3 Å². The van der Waals surface area contributed by atoms with Crippen molar-refractivity contribution < 1.29 is 18.0 Å².